The molecule has 0 radical (unpaired) electrons. The topological polar surface area (TPSA) is 146 Å². The average Bonchev–Trinajstić information content (AvgIpc) is 3.54. The first-order valence-corrected chi connectivity index (χ1v) is 19.3. The molecule has 4 atom stereocenters. The van der Waals surface area contributed by atoms with Crippen molar-refractivity contribution in [1.29, 1.82) is 0 Å². The predicted octanol–water partition coefficient (Wildman–Crippen LogP) is 5.79. The van der Waals surface area contributed by atoms with Gasteiger partial charge in [0.15, 0.2) is 0 Å². The van der Waals surface area contributed by atoms with Crippen molar-refractivity contribution in [3.63, 3.8) is 0 Å². The Labute approximate surface area is 305 Å². The van der Waals surface area contributed by atoms with E-state index in [4.69, 9.17) is 4.74 Å². The zero-order chi connectivity index (χ0) is 37.6. The number of thiazole rings is 1. The van der Waals surface area contributed by atoms with Crippen molar-refractivity contribution in [2.45, 2.75) is 57.3 Å². The van der Waals surface area contributed by atoms with E-state index < -0.39 is 45.1 Å². The maximum atomic E-state index is 13.9. The van der Waals surface area contributed by atoms with Gasteiger partial charge in [-0.05, 0) is 68.0 Å². The second-order valence-electron chi connectivity index (χ2n) is 13.2. The lowest BCUT2D eigenvalue weighted by molar-refractivity contribution is -0.137. The molecule has 52 heavy (non-hydrogen) atoms. The molecule has 0 spiro atoms. The third-order valence-corrected chi connectivity index (χ3v) is 11.6. The van der Waals surface area contributed by atoms with Crippen LogP contribution in [0.4, 0.5) is 24.8 Å². The highest BCUT2D eigenvalue weighted by molar-refractivity contribution is 7.93. The zero-order valence-electron chi connectivity index (χ0n) is 29.2. The van der Waals surface area contributed by atoms with E-state index in [1.54, 1.807) is 43.6 Å². The van der Waals surface area contributed by atoms with E-state index in [1.165, 1.54) is 36.6 Å². The summed E-state index contributed by atoms with van der Waals surface area (Å²) in [4.78, 5) is 22.7. The quantitative estimate of drug-likeness (QED) is 0.105. The summed E-state index contributed by atoms with van der Waals surface area (Å²) < 4.78 is 72.9. The van der Waals surface area contributed by atoms with Gasteiger partial charge in [0.25, 0.3) is 5.91 Å². The molecule has 11 nitrogen and oxygen atoms in total. The third-order valence-electron chi connectivity index (χ3n) is 8.91. The fraction of sp³-hybridized carbons (Fsp3) is 0.417. The standard InChI is InChI=1S/C36H43F3N6O5S2/c1-22(2)52(48,49)45(4)34-15-26(14-33(44-34)41-17-27-11-23(27)3)35(47)43-30(19-50-29-10-6-8-25(13-29)31-20-51-21-42-31)32(46)18-40-16-24-7-5-9-28(12-24)36(37,38)39/h5-10,12-15,20-23,27,30,32,40,46H,11,16-19H2,1-4H3,(H,41,44)(H,43,47)/t23-,27+,30-,32+/m0/s1. The monoisotopic (exact) mass is 760 g/mol. The molecule has 4 aromatic rings. The van der Waals surface area contributed by atoms with Crippen LogP contribution < -0.4 is 25.0 Å². The van der Waals surface area contributed by atoms with Crippen molar-refractivity contribution in [3.05, 3.63) is 88.2 Å². The molecule has 5 rings (SSSR count). The van der Waals surface area contributed by atoms with Crippen molar-refractivity contribution >= 4 is 38.9 Å². The molecule has 4 N–H and O–H groups in total. The van der Waals surface area contributed by atoms with Crippen LogP contribution in [0.5, 0.6) is 5.75 Å². The van der Waals surface area contributed by atoms with Crippen LogP contribution in [0.3, 0.4) is 0 Å². The van der Waals surface area contributed by atoms with Gasteiger partial charge in [0.1, 0.15) is 24.0 Å². The van der Waals surface area contributed by atoms with E-state index in [2.05, 4.69) is 32.8 Å². The van der Waals surface area contributed by atoms with E-state index in [0.717, 1.165) is 34.1 Å². The molecule has 1 fully saturated rings. The molecule has 2 aromatic heterocycles. The molecule has 2 heterocycles. The number of sulfonamides is 1. The number of halogens is 3. The molecule has 1 amide bonds. The number of alkyl halides is 3. The Hall–Kier alpha value is -4.25. The van der Waals surface area contributed by atoms with Crippen LogP contribution in [0, 0.1) is 11.8 Å². The number of pyridine rings is 1. The van der Waals surface area contributed by atoms with Crippen molar-refractivity contribution in [2.24, 2.45) is 11.8 Å². The fourth-order valence-corrected chi connectivity index (χ4v) is 6.96. The maximum Gasteiger partial charge on any atom is 0.416 e. The second kappa shape index (κ2) is 16.6. The van der Waals surface area contributed by atoms with Gasteiger partial charge in [-0.25, -0.2) is 18.4 Å². The Morgan fingerprint density at radius 3 is 2.56 bits per heavy atom. The lowest BCUT2D eigenvalue weighted by Crippen LogP contribution is -2.50. The van der Waals surface area contributed by atoms with E-state index in [-0.39, 0.29) is 31.1 Å². The van der Waals surface area contributed by atoms with Crippen LogP contribution in [0.25, 0.3) is 11.3 Å². The number of aromatic nitrogens is 2. The number of aliphatic hydroxyl groups is 1. The first kappa shape index (κ1) is 39.0. The van der Waals surface area contributed by atoms with Gasteiger partial charge in [0.05, 0.1) is 34.2 Å². The van der Waals surface area contributed by atoms with Gasteiger partial charge in [-0.3, -0.25) is 9.10 Å². The highest BCUT2D eigenvalue weighted by Crippen LogP contribution is 2.37. The van der Waals surface area contributed by atoms with Crippen LogP contribution in [-0.2, 0) is 22.7 Å². The smallest absolute Gasteiger partial charge is 0.416 e. The largest absolute Gasteiger partial charge is 0.491 e. The minimum Gasteiger partial charge on any atom is -0.491 e. The van der Waals surface area contributed by atoms with E-state index in [9.17, 15) is 31.5 Å². The molecule has 0 bridgehead atoms. The van der Waals surface area contributed by atoms with Crippen molar-refractivity contribution in [3.8, 4) is 17.0 Å². The lowest BCUT2D eigenvalue weighted by atomic mass is 10.1. The van der Waals surface area contributed by atoms with E-state index in [0.29, 0.717) is 35.5 Å². The summed E-state index contributed by atoms with van der Waals surface area (Å²) in [7, 11) is -2.40. The van der Waals surface area contributed by atoms with E-state index in [1.807, 2.05) is 11.4 Å². The predicted molar refractivity (Wildman–Crippen MR) is 196 cm³/mol. The molecule has 1 saturated carbocycles. The highest BCUT2D eigenvalue weighted by atomic mass is 32.2. The Balaban J connectivity index is 1.36. The molecule has 2 aromatic carbocycles. The molecular weight excluding hydrogens is 718 g/mol. The van der Waals surface area contributed by atoms with Crippen molar-refractivity contribution in [1.82, 2.24) is 20.6 Å². The summed E-state index contributed by atoms with van der Waals surface area (Å²) in [6.07, 6.45) is -4.70. The van der Waals surface area contributed by atoms with Crippen LogP contribution in [0.15, 0.2) is 71.6 Å². The van der Waals surface area contributed by atoms with Gasteiger partial charge >= 0.3 is 6.18 Å². The number of carbonyl (C=O) groups is 1. The number of nitrogens with one attached hydrogen (secondary N) is 3. The Morgan fingerprint density at radius 1 is 1.13 bits per heavy atom. The van der Waals surface area contributed by atoms with Crippen molar-refractivity contribution in [2.75, 3.05) is 36.4 Å². The third kappa shape index (κ3) is 10.2. The van der Waals surface area contributed by atoms with Crippen LogP contribution in [0.1, 0.15) is 48.7 Å². The number of rotatable bonds is 17. The summed E-state index contributed by atoms with van der Waals surface area (Å²) in [5.74, 6) is 1.19. The van der Waals surface area contributed by atoms with E-state index >= 15 is 0 Å². The van der Waals surface area contributed by atoms with Gasteiger partial charge in [-0.1, -0.05) is 37.3 Å². The molecule has 16 heteroatoms. The summed E-state index contributed by atoms with van der Waals surface area (Å²) in [5, 5.41) is 21.5. The summed E-state index contributed by atoms with van der Waals surface area (Å²) in [5.41, 5.74) is 2.97. The van der Waals surface area contributed by atoms with Crippen molar-refractivity contribution < 1.29 is 36.2 Å². The Bertz CT molecular complexity index is 1930. The molecule has 1 aliphatic carbocycles. The number of benzene rings is 2. The fourth-order valence-electron chi connectivity index (χ4n) is 5.42. The van der Waals surface area contributed by atoms with Crippen LogP contribution in [0.2, 0.25) is 0 Å². The molecule has 1 aliphatic rings. The maximum absolute atomic E-state index is 13.9. The lowest BCUT2D eigenvalue weighted by Gasteiger charge is -2.26. The number of nitrogens with zero attached hydrogens (tertiary/aromatic N) is 3. The summed E-state index contributed by atoms with van der Waals surface area (Å²) in [6, 6.07) is 13.9. The Morgan fingerprint density at radius 2 is 1.88 bits per heavy atom. The number of hydrogen-bond acceptors (Lipinski definition) is 10. The minimum absolute atomic E-state index is 0.0250. The molecule has 280 valence electrons. The molecule has 0 aliphatic heterocycles. The molecular formula is C36H43F3N6O5S2. The second-order valence-corrected chi connectivity index (χ2v) is 16.4. The SMILES string of the molecule is CC(C)S(=O)(=O)N(C)c1cc(C(=O)N[C@@H](COc2cccc(-c3cscn3)c2)[C@H](O)CNCc2cccc(C(F)(F)F)c2)cc(NC[C@H]2C[C@@H]2C)n1. The number of ether oxygens (including phenoxy) is 1. The van der Waals surface area contributed by atoms with Gasteiger partial charge in [0.2, 0.25) is 10.0 Å². The number of anilines is 2. The van der Waals surface area contributed by atoms with Gasteiger partial charge in [-0.2, -0.15) is 13.2 Å². The normalized spacial score (nSPS) is 17.0. The van der Waals surface area contributed by atoms with Crippen LogP contribution >= 0.6 is 11.3 Å². The summed E-state index contributed by atoms with van der Waals surface area (Å²) >= 11 is 1.45. The first-order chi connectivity index (χ1) is 24.6. The number of carbonyl (C=O) groups excluding carboxylic acids is 1. The number of aliphatic hydroxyl groups excluding tert-OH is 1. The summed E-state index contributed by atoms with van der Waals surface area (Å²) in [6.45, 7) is 5.58. The Kier molecular flexibility index (Phi) is 12.4. The number of amides is 1. The number of hydrogen-bond donors (Lipinski definition) is 4. The molecule has 0 unspecified atom stereocenters. The highest BCUT2D eigenvalue weighted by Gasteiger charge is 2.33. The van der Waals surface area contributed by atoms with Gasteiger partial charge in [-0.15, -0.1) is 11.3 Å². The van der Waals surface area contributed by atoms with Crippen LogP contribution in [-0.4, -0.2) is 73.5 Å². The van der Waals surface area contributed by atoms with Gasteiger partial charge < -0.3 is 25.8 Å². The minimum atomic E-state index is -4.49. The average molecular weight is 761 g/mol. The zero-order valence-corrected chi connectivity index (χ0v) is 30.9. The van der Waals surface area contributed by atoms with Gasteiger partial charge in [0, 0.05) is 43.2 Å². The molecule has 0 saturated heterocycles. The first-order valence-electron chi connectivity index (χ1n) is 16.8.